The summed E-state index contributed by atoms with van der Waals surface area (Å²) < 4.78 is 0. The summed E-state index contributed by atoms with van der Waals surface area (Å²) in [6.07, 6.45) is 32.4. The normalized spacial score (nSPS) is 9.91. The molecular formula is C39H42CoN6. The van der Waals surface area contributed by atoms with Gasteiger partial charge in [0.1, 0.15) is 0 Å². The van der Waals surface area contributed by atoms with Gasteiger partial charge >= 0.3 is 0 Å². The van der Waals surface area contributed by atoms with Crippen LogP contribution in [0.4, 0.5) is 0 Å². The maximum Gasteiger partial charge on any atom is 0.0270 e. The van der Waals surface area contributed by atoms with Crippen LogP contribution in [-0.4, -0.2) is 29.9 Å². The summed E-state index contributed by atoms with van der Waals surface area (Å²) in [7, 11) is 0. The summed E-state index contributed by atoms with van der Waals surface area (Å²) in [5, 5.41) is 0. The van der Waals surface area contributed by atoms with Crippen molar-refractivity contribution in [3.05, 3.63) is 181 Å². The van der Waals surface area contributed by atoms with Gasteiger partial charge in [-0.05, 0) is 164 Å². The summed E-state index contributed by atoms with van der Waals surface area (Å²) in [6, 6.07) is 24.9. The summed E-state index contributed by atoms with van der Waals surface area (Å²) in [4.78, 5) is 24.0. The molecule has 1 radical (unpaired) electrons. The average molecular weight is 654 g/mol. The molecule has 6 heterocycles. The smallest absolute Gasteiger partial charge is 0.0270 e. The Morgan fingerprint density at radius 3 is 0.500 bits per heavy atom. The van der Waals surface area contributed by atoms with Crippen molar-refractivity contribution in [3.8, 4) is 0 Å². The van der Waals surface area contributed by atoms with E-state index in [4.69, 9.17) is 0 Å². The quantitative estimate of drug-likeness (QED) is 0.133. The number of pyridine rings is 6. The number of aromatic nitrogens is 6. The van der Waals surface area contributed by atoms with Gasteiger partial charge in [0.05, 0.1) is 0 Å². The molecule has 6 rings (SSSR count). The van der Waals surface area contributed by atoms with Crippen LogP contribution < -0.4 is 0 Å². The molecule has 0 N–H and O–H groups in total. The zero-order chi connectivity index (χ0) is 31.0. The van der Waals surface area contributed by atoms with E-state index < -0.39 is 0 Å². The minimum absolute atomic E-state index is 0. The molecule has 0 atom stereocenters. The van der Waals surface area contributed by atoms with Crippen LogP contribution in [-0.2, 0) is 55.3 Å². The van der Waals surface area contributed by atoms with Gasteiger partial charge in [0.2, 0.25) is 0 Å². The molecule has 0 unspecified atom stereocenters. The summed E-state index contributed by atoms with van der Waals surface area (Å²) in [6.45, 7) is 0. The molecule has 6 aromatic heterocycles. The fraction of sp³-hybridized carbons (Fsp3) is 0.231. The Hall–Kier alpha value is -4.59. The van der Waals surface area contributed by atoms with Crippen molar-refractivity contribution in [3.63, 3.8) is 0 Å². The Bertz CT molecular complexity index is 1230. The Balaban J connectivity index is 0.000000186. The molecule has 6 nitrogen and oxygen atoms in total. The number of nitrogens with zero attached hydrogens (tertiary/aromatic N) is 6. The Morgan fingerprint density at radius 1 is 0.239 bits per heavy atom. The molecule has 0 aliphatic carbocycles. The largest absolute Gasteiger partial charge is 0.265 e. The monoisotopic (exact) mass is 653 g/mol. The molecule has 46 heavy (non-hydrogen) atoms. The van der Waals surface area contributed by atoms with Crippen molar-refractivity contribution >= 4 is 0 Å². The maximum atomic E-state index is 4.00. The Morgan fingerprint density at radius 2 is 0.370 bits per heavy atom. The molecule has 7 heteroatoms. The van der Waals surface area contributed by atoms with Gasteiger partial charge in [-0.15, -0.1) is 0 Å². The summed E-state index contributed by atoms with van der Waals surface area (Å²) in [5.74, 6) is 0. The molecule has 0 saturated heterocycles. The van der Waals surface area contributed by atoms with Gasteiger partial charge in [-0.2, -0.15) is 0 Å². The molecular weight excluding hydrogens is 611 g/mol. The van der Waals surface area contributed by atoms with Crippen molar-refractivity contribution in [2.75, 3.05) is 0 Å². The van der Waals surface area contributed by atoms with Crippen LogP contribution in [0.3, 0.4) is 0 Å². The van der Waals surface area contributed by atoms with Gasteiger partial charge in [-0.3, -0.25) is 29.9 Å². The molecule has 0 fully saturated rings. The zero-order valence-electron chi connectivity index (χ0n) is 26.2. The van der Waals surface area contributed by atoms with Crippen LogP contribution in [0.5, 0.6) is 0 Å². The maximum absolute atomic E-state index is 4.00. The summed E-state index contributed by atoms with van der Waals surface area (Å²) >= 11 is 0. The van der Waals surface area contributed by atoms with Crippen molar-refractivity contribution in [2.24, 2.45) is 0 Å². The third-order valence-electron chi connectivity index (χ3n) is 7.29. The van der Waals surface area contributed by atoms with E-state index in [2.05, 4.69) is 103 Å². The molecule has 0 bridgehead atoms. The van der Waals surface area contributed by atoms with E-state index in [-0.39, 0.29) is 16.8 Å². The van der Waals surface area contributed by atoms with Crippen molar-refractivity contribution in [1.82, 2.24) is 29.9 Å². The predicted octanol–water partition coefficient (Wildman–Crippen LogP) is 7.95. The van der Waals surface area contributed by atoms with Crippen LogP contribution in [0, 0.1) is 0 Å². The molecule has 0 aliphatic rings. The van der Waals surface area contributed by atoms with E-state index in [9.17, 15) is 0 Å². The van der Waals surface area contributed by atoms with Crippen molar-refractivity contribution < 1.29 is 16.8 Å². The van der Waals surface area contributed by atoms with Gasteiger partial charge in [0.25, 0.3) is 0 Å². The van der Waals surface area contributed by atoms with Gasteiger partial charge in [0.15, 0.2) is 0 Å². The number of hydrogen-bond acceptors (Lipinski definition) is 6. The molecule has 0 saturated carbocycles. The van der Waals surface area contributed by atoms with Crippen molar-refractivity contribution in [1.29, 1.82) is 0 Å². The van der Waals surface area contributed by atoms with Gasteiger partial charge in [0, 0.05) is 91.1 Å². The second kappa shape index (κ2) is 22.8. The van der Waals surface area contributed by atoms with E-state index in [1.54, 1.807) is 0 Å². The van der Waals surface area contributed by atoms with Gasteiger partial charge in [-0.1, -0.05) is 0 Å². The van der Waals surface area contributed by atoms with E-state index >= 15 is 0 Å². The first-order chi connectivity index (χ1) is 22.3. The minimum Gasteiger partial charge on any atom is -0.265 e. The van der Waals surface area contributed by atoms with Crippen LogP contribution in [0.25, 0.3) is 0 Å². The number of hydrogen-bond donors (Lipinski definition) is 0. The minimum atomic E-state index is 0. The fourth-order valence-electron chi connectivity index (χ4n) is 4.79. The first kappa shape index (κ1) is 35.9. The van der Waals surface area contributed by atoms with Crippen LogP contribution >= 0.6 is 0 Å². The Kier molecular flexibility index (Phi) is 17.8. The molecule has 6 aromatic rings. The van der Waals surface area contributed by atoms with E-state index in [1.165, 1.54) is 52.6 Å². The zero-order valence-corrected chi connectivity index (χ0v) is 27.3. The third kappa shape index (κ3) is 15.4. The van der Waals surface area contributed by atoms with E-state index in [0.717, 1.165) is 38.5 Å². The number of aryl methyl sites for hydroxylation is 6. The SMILES string of the molecule is [Co].c1cc(CCCc2ccncc2)ccn1.c1cc(CCCc2ccncc2)ccn1.c1cc(CCCc2ccncc2)ccn1. The first-order valence-corrected chi connectivity index (χ1v) is 15.7. The second-order valence-corrected chi connectivity index (χ2v) is 10.7. The summed E-state index contributed by atoms with van der Waals surface area (Å²) in [5.41, 5.74) is 8.16. The average Bonchev–Trinajstić information content (AvgIpc) is 3.12. The van der Waals surface area contributed by atoms with E-state index in [0.29, 0.717) is 0 Å². The third-order valence-corrected chi connectivity index (χ3v) is 7.29. The molecule has 0 amide bonds. The van der Waals surface area contributed by atoms with Crippen LogP contribution in [0.15, 0.2) is 147 Å². The number of rotatable bonds is 12. The van der Waals surface area contributed by atoms with Crippen LogP contribution in [0.1, 0.15) is 52.6 Å². The first-order valence-electron chi connectivity index (χ1n) is 15.7. The predicted molar refractivity (Wildman–Crippen MR) is 181 cm³/mol. The van der Waals surface area contributed by atoms with Gasteiger partial charge in [-0.25, -0.2) is 0 Å². The van der Waals surface area contributed by atoms with Gasteiger partial charge < -0.3 is 0 Å². The molecule has 0 aliphatic heterocycles. The fourth-order valence-corrected chi connectivity index (χ4v) is 4.79. The molecule has 237 valence electrons. The standard InChI is InChI=1S/3C13H14N2.Co/c3*1(2-12-4-8-14-9-5-12)3-13-6-10-15-11-7-13;/h3*4-11H,1-3H2;. The van der Waals surface area contributed by atoms with Crippen LogP contribution in [0.2, 0.25) is 0 Å². The van der Waals surface area contributed by atoms with Crippen molar-refractivity contribution in [2.45, 2.75) is 57.8 Å². The molecule has 0 aromatic carbocycles. The Labute approximate surface area is 284 Å². The molecule has 0 spiro atoms. The topological polar surface area (TPSA) is 77.3 Å². The second-order valence-electron chi connectivity index (χ2n) is 10.7. The van der Waals surface area contributed by atoms with E-state index in [1.807, 2.05) is 74.4 Å².